The first kappa shape index (κ1) is 14.7. The fourth-order valence-corrected chi connectivity index (χ4v) is 1.72. The highest BCUT2D eigenvalue weighted by molar-refractivity contribution is 6.31. The third-order valence-corrected chi connectivity index (χ3v) is 2.62. The molecule has 0 aromatic heterocycles. The summed E-state index contributed by atoms with van der Waals surface area (Å²) >= 11 is 6.03. The van der Waals surface area contributed by atoms with Crippen LogP contribution in [0.3, 0.4) is 0 Å². The van der Waals surface area contributed by atoms with E-state index in [1.54, 1.807) is 0 Å². The molecule has 1 atom stereocenters. The van der Waals surface area contributed by atoms with Crippen molar-refractivity contribution in [3.05, 3.63) is 34.9 Å². The lowest BCUT2D eigenvalue weighted by Gasteiger charge is -2.12. The van der Waals surface area contributed by atoms with Crippen LogP contribution in [0.5, 0.6) is 0 Å². The molecular weight excluding hydrogens is 231 g/mol. The summed E-state index contributed by atoms with van der Waals surface area (Å²) in [5, 5.41) is 0.757. The lowest BCUT2D eigenvalue weighted by molar-refractivity contribution is 0.591. The minimum absolute atomic E-state index is 0. The van der Waals surface area contributed by atoms with Crippen LogP contribution in [0.25, 0.3) is 0 Å². The Labute approximate surface area is 102 Å². The number of nitrogens with two attached hydrogens (primary N) is 2. The van der Waals surface area contributed by atoms with Crippen LogP contribution in [0.4, 0.5) is 0 Å². The van der Waals surface area contributed by atoms with Crippen molar-refractivity contribution in [1.29, 1.82) is 0 Å². The molecule has 0 saturated carbocycles. The Balaban J connectivity index is 0.00000196. The summed E-state index contributed by atoms with van der Waals surface area (Å²) in [6, 6.07) is 7.77. The van der Waals surface area contributed by atoms with Crippen LogP contribution in [0.1, 0.15) is 30.9 Å². The maximum Gasteiger partial charge on any atom is 0.0453 e. The molecule has 1 aromatic rings. The molecule has 86 valence electrons. The molecule has 0 aliphatic heterocycles. The first-order valence-electron chi connectivity index (χ1n) is 4.95. The molecule has 4 heteroatoms. The van der Waals surface area contributed by atoms with Crippen molar-refractivity contribution in [1.82, 2.24) is 0 Å². The Morgan fingerprint density at radius 1 is 1.20 bits per heavy atom. The third-order valence-electron chi connectivity index (χ3n) is 2.27. The normalized spacial score (nSPS) is 11.9. The van der Waals surface area contributed by atoms with Crippen molar-refractivity contribution in [3.63, 3.8) is 0 Å². The number of halogens is 2. The number of rotatable bonds is 5. The van der Waals surface area contributed by atoms with Crippen molar-refractivity contribution >= 4 is 24.0 Å². The highest BCUT2D eigenvalue weighted by Crippen LogP contribution is 2.24. The molecule has 0 heterocycles. The van der Waals surface area contributed by atoms with Gasteiger partial charge in [0.1, 0.15) is 0 Å². The molecule has 0 aliphatic rings. The molecule has 1 rings (SSSR count). The van der Waals surface area contributed by atoms with Crippen molar-refractivity contribution in [2.45, 2.75) is 25.3 Å². The Morgan fingerprint density at radius 3 is 2.47 bits per heavy atom. The van der Waals surface area contributed by atoms with Gasteiger partial charge in [0, 0.05) is 11.1 Å². The van der Waals surface area contributed by atoms with E-state index in [9.17, 15) is 0 Å². The molecule has 15 heavy (non-hydrogen) atoms. The molecule has 4 N–H and O–H groups in total. The topological polar surface area (TPSA) is 52.0 Å². The molecule has 0 saturated heterocycles. The average molecular weight is 249 g/mol. The van der Waals surface area contributed by atoms with Crippen LogP contribution in [0, 0.1) is 0 Å². The fourth-order valence-electron chi connectivity index (χ4n) is 1.44. The van der Waals surface area contributed by atoms with Gasteiger partial charge in [-0.1, -0.05) is 36.2 Å². The van der Waals surface area contributed by atoms with Gasteiger partial charge in [-0.15, -0.1) is 12.4 Å². The molecule has 0 aliphatic carbocycles. The predicted molar refractivity (Wildman–Crippen MR) is 68.5 cm³/mol. The third kappa shape index (κ3) is 4.85. The van der Waals surface area contributed by atoms with Gasteiger partial charge in [-0.3, -0.25) is 0 Å². The van der Waals surface area contributed by atoms with Crippen molar-refractivity contribution in [3.8, 4) is 0 Å². The minimum atomic E-state index is 0. The van der Waals surface area contributed by atoms with Gasteiger partial charge in [0.2, 0.25) is 0 Å². The molecule has 0 unspecified atom stereocenters. The van der Waals surface area contributed by atoms with Crippen LogP contribution >= 0.6 is 24.0 Å². The lowest BCUT2D eigenvalue weighted by Crippen LogP contribution is -2.11. The van der Waals surface area contributed by atoms with Crippen LogP contribution in [-0.4, -0.2) is 6.54 Å². The summed E-state index contributed by atoms with van der Waals surface area (Å²) in [5.41, 5.74) is 12.5. The zero-order valence-electron chi connectivity index (χ0n) is 8.66. The Kier molecular flexibility index (Phi) is 7.79. The van der Waals surface area contributed by atoms with E-state index in [0.717, 1.165) is 36.4 Å². The number of benzene rings is 1. The summed E-state index contributed by atoms with van der Waals surface area (Å²) in [6.07, 6.45) is 3.03. The summed E-state index contributed by atoms with van der Waals surface area (Å²) in [6.45, 7) is 0.731. The SMILES string of the molecule is Cl.NCCCC[C@H](N)c1ccccc1Cl. The average Bonchev–Trinajstić information content (AvgIpc) is 2.18. The maximum atomic E-state index is 6.03. The first-order chi connectivity index (χ1) is 6.75. The number of unbranched alkanes of at least 4 members (excludes halogenated alkanes) is 1. The van der Waals surface area contributed by atoms with E-state index in [1.165, 1.54) is 0 Å². The molecule has 0 amide bonds. The molecule has 2 nitrogen and oxygen atoms in total. The van der Waals surface area contributed by atoms with Gasteiger partial charge < -0.3 is 11.5 Å². The first-order valence-corrected chi connectivity index (χ1v) is 5.33. The summed E-state index contributed by atoms with van der Waals surface area (Å²) in [5.74, 6) is 0. The predicted octanol–water partition coefficient (Wildman–Crippen LogP) is 2.89. The highest BCUT2D eigenvalue weighted by Gasteiger charge is 2.08. The van der Waals surface area contributed by atoms with Crippen molar-refractivity contribution in [2.75, 3.05) is 6.54 Å². The summed E-state index contributed by atoms with van der Waals surface area (Å²) in [4.78, 5) is 0. The van der Waals surface area contributed by atoms with Gasteiger partial charge in [0.15, 0.2) is 0 Å². The van der Waals surface area contributed by atoms with Crippen LogP contribution in [0.15, 0.2) is 24.3 Å². The second-order valence-corrected chi connectivity index (χ2v) is 3.82. The second-order valence-electron chi connectivity index (χ2n) is 3.41. The summed E-state index contributed by atoms with van der Waals surface area (Å²) in [7, 11) is 0. The van der Waals surface area contributed by atoms with E-state index >= 15 is 0 Å². The van der Waals surface area contributed by atoms with Crippen molar-refractivity contribution in [2.24, 2.45) is 11.5 Å². The quantitative estimate of drug-likeness (QED) is 0.788. The van der Waals surface area contributed by atoms with E-state index in [0.29, 0.717) is 0 Å². The second kappa shape index (κ2) is 7.94. The van der Waals surface area contributed by atoms with Crippen LogP contribution in [-0.2, 0) is 0 Å². The molecule has 0 radical (unpaired) electrons. The minimum Gasteiger partial charge on any atom is -0.330 e. The zero-order chi connectivity index (χ0) is 10.4. The number of hydrogen-bond donors (Lipinski definition) is 2. The van der Waals surface area contributed by atoms with E-state index in [-0.39, 0.29) is 18.4 Å². The highest BCUT2D eigenvalue weighted by atomic mass is 35.5. The van der Waals surface area contributed by atoms with Gasteiger partial charge >= 0.3 is 0 Å². The Morgan fingerprint density at radius 2 is 1.87 bits per heavy atom. The summed E-state index contributed by atoms with van der Waals surface area (Å²) < 4.78 is 0. The lowest BCUT2D eigenvalue weighted by atomic mass is 10.0. The van der Waals surface area contributed by atoms with E-state index < -0.39 is 0 Å². The Hall–Kier alpha value is -0.280. The van der Waals surface area contributed by atoms with Crippen LogP contribution in [0.2, 0.25) is 5.02 Å². The van der Waals surface area contributed by atoms with Crippen LogP contribution < -0.4 is 11.5 Å². The fraction of sp³-hybridized carbons (Fsp3) is 0.455. The molecule has 0 bridgehead atoms. The standard InChI is InChI=1S/C11H17ClN2.ClH/c12-10-6-2-1-5-9(10)11(14)7-3-4-8-13;/h1-2,5-6,11H,3-4,7-8,13-14H2;1H/t11-;/m0./s1. The van der Waals surface area contributed by atoms with Gasteiger partial charge in [-0.05, 0) is 31.0 Å². The van der Waals surface area contributed by atoms with E-state index in [2.05, 4.69) is 0 Å². The molecule has 0 spiro atoms. The largest absolute Gasteiger partial charge is 0.330 e. The number of hydrogen-bond acceptors (Lipinski definition) is 2. The van der Waals surface area contributed by atoms with Gasteiger partial charge in [0.25, 0.3) is 0 Å². The monoisotopic (exact) mass is 248 g/mol. The van der Waals surface area contributed by atoms with Gasteiger partial charge in [-0.2, -0.15) is 0 Å². The maximum absolute atomic E-state index is 6.03. The van der Waals surface area contributed by atoms with Gasteiger partial charge in [0.05, 0.1) is 0 Å². The Bertz CT molecular complexity index is 279. The van der Waals surface area contributed by atoms with E-state index in [1.807, 2.05) is 24.3 Å². The smallest absolute Gasteiger partial charge is 0.0453 e. The van der Waals surface area contributed by atoms with E-state index in [4.69, 9.17) is 23.1 Å². The molecular formula is C11H18Cl2N2. The molecule has 0 fully saturated rings. The zero-order valence-corrected chi connectivity index (χ0v) is 10.2. The molecule has 1 aromatic carbocycles. The van der Waals surface area contributed by atoms with Gasteiger partial charge in [-0.25, -0.2) is 0 Å². The van der Waals surface area contributed by atoms with Crippen molar-refractivity contribution < 1.29 is 0 Å².